The standard InChI is InChI=1S/C17H16N2OS/c1-12-7-8-16(15(18)10-12)21(20)11-14-5-2-4-13-6-3-9-19-17(13)14/h2-10H,11,18H2,1H3. The fourth-order valence-electron chi connectivity index (χ4n) is 2.38. The van der Waals surface area contributed by atoms with Gasteiger partial charge in [0.05, 0.1) is 27.0 Å². The summed E-state index contributed by atoms with van der Waals surface area (Å²) >= 11 is 0. The van der Waals surface area contributed by atoms with Gasteiger partial charge < -0.3 is 5.73 Å². The van der Waals surface area contributed by atoms with E-state index >= 15 is 0 Å². The molecule has 0 saturated heterocycles. The fraction of sp³-hybridized carbons (Fsp3) is 0.118. The van der Waals surface area contributed by atoms with Crippen molar-refractivity contribution in [3.8, 4) is 0 Å². The predicted molar refractivity (Wildman–Crippen MR) is 87.4 cm³/mol. The summed E-state index contributed by atoms with van der Waals surface area (Å²) in [5, 5.41) is 1.06. The minimum atomic E-state index is -1.18. The zero-order chi connectivity index (χ0) is 14.8. The molecule has 0 radical (unpaired) electrons. The van der Waals surface area contributed by atoms with Crippen LogP contribution in [-0.2, 0) is 16.6 Å². The number of para-hydroxylation sites is 1. The highest BCUT2D eigenvalue weighted by Gasteiger charge is 2.11. The summed E-state index contributed by atoms with van der Waals surface area (Å²) in [6.45, 7) is 1.97. The summed E-state index contributed by atoms with van der Waals surface area (Å²) in [6.07, 6.45) is 1.76. The van der Waals surface area contributed by atoms with E-state index in [4.69, 9.17) is 5.73 Å². The smallest absolute Gasteiger partial charge is 0.0743 e. The molecule has 0 amide bonds. The number of pyridine rings is 1. The van der Waals surface area contributed by atoms with Crippen LogP contribution in [-0.4, -0.2) is 9.19 Å². The lowest BCUT2D eigenvalue weighted by Gasteiger charge is -2.08. The first-order valence-corrected chi connectivity index (χ1v) is 8.04. The van der Waals surface area contributed by atoms with Crippen molar-refractivity contribution >= 4 is 27.4 Å². The van der Waals surface area contributed by atoms with Gasteiger partial charge in [0.1, 0.15) is 0 Å². The predicted octanol–water partition coefficient (Wildman–Crippen LogP) is 3.43. The molecule has 1 unspecified atom stereocenters. The average molecular weight is 296 g/mol. The number of aryl methyl sites for hydroxylation is 1. The van der Waals surface area contributed by atoms with Crippen molar-refractivity contribution in [1.82, 2.24) is 4.98 Å². The second-order valence-electron chi connectivity index (χ2n) is 5.02. The Balaban J connectivity index is 1.97. The lowest BCUT2D eigenvalue weighted by Crippen LogP contribution is -2.02. The van der Waals surface area contributed by atoms with Gasteiger partial charge in [-0.1, -0.05) is 30.3 Å². The van der Waals surface area contributed by atoms with Crippen molar-refractivity contribution < 1.29 is 4.21 Å². The van der Waals surface area contributed by atoms with Crippen LogP contribution in [0.4, 0.5) is 5.69 Å². The maximum atomic E-state index is 12.6. The Hall–Kier alpha value is -2.20. The maximum Gasteiger partial charge on any atom is 0.0743 e. The number of anilines is 1. The number of hydrogen-bond donors (Lipinski definition) is 1. The molecule has 0 aliphatic rings. The van der Waals surface area contributed by atoms with E-state index in [0.717, 1.165) is 22.0 Å². The number of benzene rings is 2. The van der Waals surface area contributed by atoms with Gasteiger partial charge in [-0.2, -0.15) is 0 Å². The number of hydrogen-bond acceptors (Lipinski definition) is 3. The molecule has 0 saturated carbocycles. The minimum Gasteiger partial charge on any atom is -0.398 e. The normalized spacial score (nSPS) is 12.4. The van der Waals surface area contributed by atoms with E-state index in [2.05, 4.69) is 4.98 Å². The molecule has 106 valence electrons. The van der Waals surface area contributed by atoms with E-state index in [9.17, 15) is 4.21 Å². The van der Waals surface area contributed by atoms with Crippen LogP contribution < -0.4 is 5.73 Å². The molecular weight excluding hydrogens is 280 g/mol. The third-order valence-electron chi connectivity index (χ3n) is 3.41. The van der Waals surface area contributed by atoms with Gasteiger partial charge in [0.25, 0.3) is 0 Å². The van der Waals surface area contributed by atoms with Crippen molar-refractivity contribution in [3.05, 3.63) is 65.9 Å². The molecule has 0 aliphatic heterocycles. The summed E-state index contributed by atoms with van der Waals surface area (Å²) < 4.78 is 12.6. The number of nitrogens with zero attached hydrogens (tertiary/aromatic N) is 1. The molecular formula is C17H16N2OS. The lowest BCUT2D eigenvalue weighted by molar-refractivity contribution is 0.683. The largest absolute Gasteiger partial charge is 0.398 e. The second-order valence-corrected chi connectivity index (χ2v) is 6.44. The zero-order valence-corrected chi connectivity index (χ0v) is 12.6. The summed E-state index contributed by atoms with van der Waals surface area (Å²) in [5.41, 5.74) is 9.51. The molecule has 2 N–H and O–H groups in total. The number of rotatable bonds is 3. The van der Waals surface area contributed by atoms with Crippen LogP contribution in [0.15, 0.2) is 59.6 Å². The fourth-order valence-corrected chi connectivity index (χ4v) is 3.59. The molecule has 1 atom stereocenters. The van der Waals surface area contributed by atoms with Gasteiger partial charge >= 0.3 is 0 Å². The van der Waals surface area contributed by atoms with E-state index < -0.39 is 10.8 Å². The van der Waals surface area contributed by atoms with Gasteiger partial charge in [0.2, 0.25) is 0 Å². The van der Waals surface area contributed by atoms with E-state index in [1.165, 1.54) is 0 Å². The first kappa shape index (κ1) is 13.8. The molecule has 3 nitrogen and oxygen atoms in total. The Morgan fingerprint density at radius 2 is 1.95 bits per heavy atom. The molecule has 21 heavy (non-hydrogen) atoms. The van der Waals surface area contributed by atoms with Crippen LogP contribution in [0.5, 0.6) is 0 Å². The molecule has 0 bridgehead atoms. The highest BCUT2D eigenvalue weighted by atomic mass is 32.2. The Bertz CT molecular complexity index is 825. The number of fused-ring (bicyclic) bond motifs is 1. The average Bonchev–Trinajstić information content (AvgIpc) is 2.47. The molecule has 4 heteroatoms. The topological polar surface area (TPSA) is 56.0 Å². The van der Waals surface area contributed by atoms with Crippen molar-refractivity contribution in [1.29, 1.82) is 0 Å². The molecule has 1 heterocycles. The first-order chi connectivity index (χ1) is 10.1. The van der Waals surface area contributed by atoms with Gasteiger partial charge in [-0.25, -0.2) is 0 Å². The molecule has 0 spiro atoms. The highest BCUT2D eigenvalue weighted by molar-refractivity contribution is 7.84. The van der Waals surface area contributed by atoms with Gasteiger partial charge in [0.15, 0.2) is 0 Å². The van der Waals surface area contributed by atoms with Crippen LogP contribution in [0, 0.1) is 6.92 Å². The second kappa shape index (κ2) is 5.66. The Kier molecular flexibility index (Phi) is 3.71. The summed E-state index contributed by atoms with van der Waals surface area (Å²) in [4.78, 5) is 5.09. The van der Waals surface area contributed by atoms with E-state index in [1.54, 1.807) is 6.20 Å². The highest BCUT2D eigenvalue weighted by Crippen LogP contribution is 2.23. The van der Waals surface area contributed by atoms with Crippen molar-refractivity contribution in [2.24, 2.45) is 0 Å². The molecule has 2 aromatic carbocycles. The molecule has 3 rings (SSSR count). The Morgan fingerprint density at radius 1 is 1.14 bits per heavy atom. The third kappa shape index (κ3) is 2.81. The van der Waals surface area contributed by atoms with Gasteiger partial charge in [-0.05, 0) is 36.2 Å². The van der Waals surface area contributed by atoms with E-state index in [0.29, 0.717) is 16.3 Å². The van der Waals surface area contributed by atoms with Gasteiger partial charge in [-0.15, -0.1) is 0 Å². The maximum absolute atomic E-state index is 12.6. The van der Waals surface area contributed by atoms with E-state index in [-0.39, 0.29) is 0 Å². The lowest BCUT2D eigenvalue weighted by atomic mass is 10.1. The minimum absolute atomic E-state index is 0.418. The number of nitrogens with two attached hydrogens (primary N) is 1. The van der Waals surface area contributed by atoms with Crippen LogP contribution in [0.1, 0.15) is 11.1 Å². The number of aromatic nitrogens is 1. The van der Waals surface area contributed by atoms with Crippen LogP contribution in [0.25, 0.3) is 10.9 Å². The van der Waals surface area contributed by atoms with Crippen LogP contribution in [0.3, 0.4) is 0 Å². The van der Waals surface area contributed by atoms with Gasteiger partial charge in [-0.3, -0.25) is 9.19 Å². The Morgan fingerprint density at radius 3 is 2.76 bits per heavy atom. The molecule has 0 fully saturated rings. The monoisotopic (exact) mass is 296 g/mol. The van der Waals surface area contributed by atoms with Crippen molar-refractivity contribution in [3.63, 3.8) is 0 Å². The molecule has 1 aromatic heterocycles. The molecule has 3 aromatic rings. The van der Waals surface area contributed by atoms with E-state index in [1.807, 2.05) is 55.5 Å². The third-order valence-corrected chi connectivity index (χ3v) is 4.85. The summed E-state index contributed by atoms with van der Waals surface area (Å²) in [5.74, 6) is 0.418. The van der Waals surface area contributed by atoms with Crippen molar-refractivity contribution in [2.45, 2.75) is 17.6 Å². The molecule has 0 aliphatic carbocycles. The Labute approximate surface area is 126 Å². The zero-order valence-electron chi connectivity index (χ0n) is 11.7. The number of nitrogen functional groups attached to an aromatic ring is 1. The van der Waals surface area contributed by atoms with Crippen LogP contribution >= 0.6 is 0 Å². The summed E-state index contributed by atoms with van der Waals surface area (Å²) in [7, 11) is -1.18. The first-order valence-electron chi connectivity index (χ1n) is 6.72. The van der Waals surface area contributed by atoms with Crippen LogP contribution in [0.2, 0.25) is 0 Å². The quantitative estimate of drug-likeness (QED) is 0.753. The summed E-state index contributed by atoms with van der Waals surface area (Å²) in [6, 6.07) is 15.5. The SMILES string of the molecule is Cc1ccc(S(=O)Cc2cccc3cccnc23)c(N)c1. The van der Waals surface area contributed by atoms with Crippen molar-refractivity contribution in [2.75, 3.05) is 5.73 Å². The van der Waals surface area contributed by atoms with Gasteiger partial charge in [0, 0.05) is 17.3 Å².